The molecule has 0 unspecified atom stereocenters. The van der Waals surface area contributed by atoms with Gasteiger partial charge in [0.25, 0.3) is 0 Å². The largest absolute Gasteiger partial charge is 0.461 e. The Hall–Kier alpha value is -1.35. The van der Waals surface area contributed by atoms with Crippen molar-refractivity contribution in [3.63, 3.8) is 0 Å². The lowest BCUT2D eigenvalue weighted by molar-refractivity contribution is -0.153. The van der Waals surface area contributed by atoms with Gasteiger partial charge in [0.2, 0.25) is 0 Å². The van der Waals surface area contributed by atoms with Crippen molar-refractivity contribution in [2.45, 2.75) is 39.4 Å². The molecule has 0 saturated heterocycles. The van der Waals surface area contributed by atoms with E-state index in [-0.39, 0.29) is 12.6 Å². The van der Waals surface area contributed by atoms with Crippen LogP contribution in [-0.2, 0) is 16.1 Å². The normalized spacial score (nSPS) is 14.1. The van der Waals surface area contributed by atoms with Crippen LogP contribution in [0.25, 0.3) is 0 Å². The third-order valence-corrected chi connectivity index (χ3v) is 2.71. The third kappa shape index (κ3) is 4.57. The minimum atomic E-state index is -0.654. The number of benzene rings is 1. The minimum Gasteiger partial charge on any atom is -0.461 e. The van der Waals surface area contributed by atoms with E-state index in [9.17, 15) is 9.90 Å². The fourth-order valence-electron chi connectivity index (χ4n) is 1.70. The Morgan fingerprint density at radius 1 is 1.35 bits per heavy atom. The van der Waals surface area contributed by atoms with Crippen molar-refractivity contribution in [1.82, 2.24) is 0 Å². The summed E-state index contributed by atoms with van der Waals surface area (Å²) < 4.78 is 5.21. The van der Waals surface area contributed by atoms with Gasteiger partial charge in [-0.25, -0.2) is 0 Å². The number of carbonyl (C=O) groups excluding carboxylic acids is 1. The first-order valence-corrected chi connectivity index (χ1v) is 6.03. The molecule has 1 aromatic carbocycles. The number of aliphatic hydroxyl groups is 1. The van der Waals surface area contributed by atoms with Crippen molar-refractivity contribution in [3.05, 3.63) is 35.9 Å². The second kappa shape index (κ2) is 7.07. The Labute approximate surface area is 102 Å². The van der Waals surface area contributed by atoms with Crippen LogP contribution in [0.5, 0.6) is 0 Å². The standard InChI is InChI=1S/C14H20O3/c1-3-7-13(11(2)15)14(16)17-10-12-8-5-4-6-9-12/h4-6,8-9,11,13,15H,3,7,10H2,1-2H3/t11-,13-/m0/s1. The van der Waals surface area contributed by atoms with Crippen LogP contribution < -0.4 is 0 Å². The van der Waals surface area contributed by atoms with Gasteiger partial charge in [-0.1, -0.05) is 43.7 Å². The second-order valence-electron chi connectivity index (χ2n) is 4.23. The van der Waals surface area contributed by atoms with E-state index in [4.69, 9.17) is 4.74 Å². The van der Waals surface area contributed by atoms with Crippen molar-refractivity contribution in [3.8, 4) is 0 Å². The average Bonchev–Trinajstić information content (AvgIpc) is 2.34. The lowest BCUT2D eigenvalue weighted by atomic mass is 9.98. The summed E-state index contributed by atoms with van der Waals surface area (Å²) in [5.41, 5.74) is 0.960. The van der Waals surface area contributed by atoms with Crippen LogP contribution in [0, 0.1) is 5.92 Å². The van der Waals surface area contributed by atoms with E-state index in [0.717, 1.165) is 12.0 Å². The maximum atomic E-state index is 11.8. The van der Waals surface area contributed by atoms with Gasteiger partial charge in [-0.2, -0.15) is 0 Å². The minimum absolute atomic E-state index is 0.270. The quantitative estimate of drug-likeness (QED) is 0.772. The molecule has 0 spiro atoms. The summed E-state index contributed by atoms with van der Waals surface area (Å²) in [6.07, 6.45) is 0.861. The highest BCUT2D eigenvalue weighted by atomic mass is 16.5. The van der Waals surface area contributed by atoms with Crippen molar-refractivity contribution in [2.24, 2.45) is 5.92 Å². The molecule has 2 atom stereocenters. The average molecular weight is 236 g/mol. The van der Waals surface area contributed by atoms with Crippen LogP contribution in [0.3, 0.4) is 0 Å². The molecule has 0 aliphatic carbocycles. The summed E-state index contributed by atoms with van der Waals surface area (Å²) in [6.45, 7) is 3.89. The number of esters is 1. The highest BCUT2D eigenvalue weighted by Crippen LogP contribution is 2.14. The molecule has 0 saturated carbocycles. The second-order valence-corrected chi connectivity index (χ2v) is 4.23. The summed E-state index contributed by atoms with van der Waals surface area (Å²) >= 11 is 0. The Kier molecular flexibility index (Phi) is 5.70. The Balaban J connectivity index is 2.47. The number of hydrogen-bond donors (Lipinski definition) is 1. The van der Waals surface area contributed by atoms with Gasteiger partial charge in [-0.3, -0.25) is 4.79 Å². The molecule has 17 heavy (non-hydrogen) atoms. The predicted molar refractivity (Wildman–Crippen MR) is 66.3 cm³/mol. The molecule has 1 rings (SSSR count). The Morgan fingerprint density at radius 3 is 2.53 bits per heavy atom. The van der Waals surface area contributed by atoms with Crippen LogP contribution in [0.2, 0.25) is 0 Å². The Bertz CT molecular complexity index is 333. The summed E-state index contributed by atoms with van der Waals surface area (Å²) in [7, 11) is 0. The summed E-state index contributed by atoms with van der Waals surface area (Å²) in [5, 5.41) is 9.51. The van der Waals surface area contributed by atoms with Gasteiger partial charge in [0, 0.05) is 0 Å². The lowest BCUT2D eigenvalue weighted by Gasteiger charge is -2.17. The molecular formula is C14H20O3. The van der Waals surface area contributed by atoms with E-state index in [0.29, 0.717) is 6.42 Å². The molecule has 1 N–H and O–H groups in total. The van der Waals surface area contributed by atoms with Crippen LogP contribution in [0.1, 0.15) is 32.3 Å². The van der Waals surface area contributed by atoms with Gasteiger partial charge >= 0.3 is 5.97 Å². The summed E-state index contributed by atoms with van der Waals surface area (Å²) in [6, 6.07) is 9.54. The van der Waals surface area contributed by atoms with Crippen LogP contribution in [0.4, 0.5) is 0 Å². The third-order valence-electron chi connectivity index (χ3n) is 2.71. The summed E-state index contributed by atoms with van der Waals surface area (Å²) in [4.78, 5) is 11.8. The first-order valence-electron chi connectivity index (χ1n) is 6.03. The van der Waals surface area contributed by atoms with Gasteiger partial charge in [0.15, 0.2) is 0 Å². The van der Waals surface area contributed by atoms with Crippen molar-refractivity contribution < 1.29 is 14.6 Å². The number of rotatable bonds is 6. The first-order chi connectivity index (χ1) is 8.15. The molecule has 0 heterocycles. The fraction of sp³-hybridized carbons (Fsp3) is 0.500. The van der Waals surface area contributed by atoms with E-state index >= 15 is 0 Å². The zero-order chi connectivity index (χ0) is 12.7. The topological polar surface area (TPSA) is 46.5 Å². The monoisotopic (exact) mass is 236 g/mol. The predicted octanol–water partition coefficient (Wildman–Crippen LogP) is 2.53. The molecule has 0 radical (unpaired) electrons. The number of hydrogen-bond acceptors (Lipinski definition) is 3. The molecule has 0 amide bonds. The highest BCUT2D eigenvalue weighted by Gasteiger charge is 2.24. The number of aliphatic hydroxyl groups excluding tert-OH is 1. The highest BCUT2D eigenvalue weighted by molar-refractivity contribution is 5.73. The van der Waals surface area contributed by atoms with Crippen LogP contribution in [0.15, 0.2) is 30.3 Å². The van der Waals surface area contributed by atoms with E-state index in [1.165, 1.54) is 0 Å². The van der Waals surface area contributed by atoms with Gasteiger partial charge in [-0.05, 0) is 18.9 Å². The molecule has 0 fully saturated rings. The lowest BCUT2D eigenvalue weighted by Crippen LogP contribution is -2.27. The molecule has 0 aromatic heterocycles. The smallest absolute Gasteiger partial charge is 0.311 e. The maximum absolute atomic E-state index is 11.8. The number of carbonyl (C=O) groups is 1. The molecule has 0 aliphatic rings. The molecule has 3 heteroatoms. The first kappa shape index (κ1) is 13.7. The van der Waals surface area contributed by atoms with E-state index < -0.39 is 12.0 Å². The SMILES string of the molecule is CCC[C@H](C(=O)OCc1ccccc1)[C@H](C)O. The van der Waals surface area contributed by atoms with Crippen LogP contribution in [-0.4, -0.2) is 17.2 Å². The van der Waals surface area contributed by atoms with E-state index in [1.807, 2.05) is 37.3 Å². The summed E-state index contributed by atoms with van der Waals surface area (Å²) in [5.74, 6) is -0.727. The molecular weight excluding hydrogens is 216 g/mol. The van der Waals surface area contributed by atoms with E-state index in [1.54, 1.807) is 6.92 Å². The maximum Gasteiger partial charge on any atom is 0.311 e. The van der Waals surface area contributed by atoms with Gasteiger partial charge in [-0.15, -0.1) is 0 Å². The molecule has 3 nitrogen and oxygen atoms in total. The van der Waals surface area contributed by atoms with E-state index in [2.05, 4.69) is 0 Å². The Morgan fingerprint density at radius 2 is 2.00 bits per heavy atom. The molecule has 94 valence electrons. The van der Waals surface area contributed by atoms with Gasteiger partial charge in [0.1, 0.15) is 6.61 Å². The zero-order valence-electron chi connectivity index (χ0n) is 10.4. The fourth-order valence-corrected chi connectivity index (χ4v) is 1.70. The van der Waals surface area contributed by atoms with Gasteiger partial charge < -0.3 is 9.84 Å². The molecule has 0 bridgehead atoms. The number of ether oxygens (including phenoxy) is 1. The molecule has 0 aliphatic heterocycles. The molecule has 1 aromatic rings. The van der Waals surface area contributed by atoms with Crippen LogP contribution >= 0.6 is 0 Å². The van der Waals surface area contributed by atoms with Crippen molar-refractivity contribution in [2.75, 3.05) is 0 Å². The van der Waals surface area contributed by atoms with Crippen molar-refractivity contribution >= 4 is 5.97 Å². The van der Waals surface area contributed by atoms with Crippen molar-refractivity contribution in [1.29, 1.82) is 0 Å². The van der Waals surface area contributed by atoms with Gasteiger partial charge in [0.05, 0.1) is 12.0 Å². The zero-order valence-corrected chi connectivity index (χ0v) is 10.4.